The number of rotatable bonds is 3. The molecule has 2 rings (SSSR count). The van der Waals surface area contributed by atoms with E-state index in [-0.39, 0.29) is 0 Å². The molecule has 1 aromatic rings. The molecule has 1 aromatic heterocycles. The lowest BCUT2D eigenvalue weighted by atomic mass is 10.1. The van der Waals surface area contributed by atoms with E-state index in [4.69, 9.17) is 4.74 Å². The molecule has 0 amide bonds. The van der Waals surface area contributed by atoms with Gasteiger partial charge in [-0.25, -0.2) is 0 Å². The van der Waals surface area contributed by atoms with Gasteiger partial charge in [-0.05, 0) is 19.8 Å². The van der Waals surface area contributed by atoms with Crippen molar-refractivity contribution >= 4 is 5.82 Å². The Bertz CT molecular complexity index is 335. The van der Waals surface area contributed by atoms with Crippen molar-refractivity contribution in [1.82, 2.24) is 9.78 Å². The number of nitrogens with zero attached hydrogens (tertiary/aromatic N) is 2. The fourth-order valence-electron chi connectivity index (χ4n) is 1.95. The lowest BCUT2D eigenvalue weighted by Crippen LogP contribution is -2.27. The number of ether oxygens (including phenoxy) is 1. The van der Waals surface area contributed by atoms with E-state index in [0.29, 0.717) is 12.1 Å². The van der Waals surface area contributed by atoms with Crippen LogP contribution in [0.4, 0.5) is 5.82 Å². The van der Waals surface area contributed by atoms with Gasteiger partial charge in [-0.2, -0.15) is 5.10 Å². The van der Waals surface area contributed by atoms with Gasteiger partial charge in [-0.1, -0.05) is 6.92 Å². The van der Waals surface area contributed by atoms with E-state index in [1.54, 1.807) is 0 Å². The Labute approximate surface area is 90.6 Å². The summed E-state index contributed by atoms with van der Waals surface area (Å²) < 4.78 is 7.43. The fourth-order valence-corrected chi connectivity index (χ4v) is 1.95. The third-order valence-corrected chi connectivity index (χ3v) is 3.00. The Morgan fingerprint density at radius 3 is 3.00 bits per heavy atom. The van der Waals surface area contributed by atoms with Crippen molar-refractivity contribution in [1.29, 1.82) is 0 Å². The normalized spacial score (nSPS) is 25.8. The quantitative estimate of drug-likeness (QED) is 0.821. The highest BCUT2D eigenvalue weighted by atomic mass is 16.5. The molecule has 0 spiro atoms. The molecule has 0 aliphatic carbocycles. The van der Waals surface area contributed by atoms with Crippen LogP contribution in [0.15, 0.2) is 6.07 Å². The molecular formula is C11H19N3O. The summed E-state index contributed by atoms with van der Waals surface area (Å²) in [7, 11) is 1.97. The van der Waals surface area contributed by atoms with E-state index in [0.717, 1.165) is 31.0 Å². The highest BCUT2D eigenvalue weighted by molar-refractivity contribution is 5.38. The summed E-state index contributed by atoms with van der Waals surface area (Å²) in [6.45, 7) is 5.09. The maximum atomic E-state index is 5.52. The largest absolute Gasteiger partial charge is 0.376 e. The molecule has 1 aliphatic rings. The van der Waals surface area contributed by atoms with Gasteiger partial charge in [-0.3, -0.25) is 4.68 Å². The summed E-state index contributed by atoms with van der Waals surface area (Å²) in [5, 5.41) is 7.90. The highest BCUT2D eigenvalue weighted by Crippen LogP contribution is 2.19. The Hall–Kier alpha value is -1.03. The van der Waals surface area contributed by atoms with Gasteiger partial charge >= 0.3 is 0 Å². The van der Waals surface area contributed by atoms with Gasteiger partial charge < -0.3 is 10.1 Å². The molecule has 0 bridgehead atoms. The second kappa shape index (κ2) is 4.23. The van der Waals surface area contributed by atoms with Crippen LogP contribution < -0.4 is 5.32 Å². The van der Waals surface area contributed by atoms with Gasteiger partial charge in [0.2, 0.25) is 0 Å². The van der Waals surface area contributed by atoms with Crippen LogP contribution in [0.2, 0.25) is 0 Å². The van der Waals surface area contributed by atoms with Gasteiger partial charge in [0.15, 0.2) is 0 Å². The average molecular weight is 209 g/mol. The van der Waals surface area contributed by atoms with Crippen LogP contribution in [0, 0.1) is 0 Å². The lowest BCUT2D eigenvalue weighted by molar-refractivity contribution is 0.121. The predicted octanol–water partition coefficient (Wildman–Crippen LogP) is 1.57. The summed E-state index contributed by atoms with van der Waals surface area (Å²) in [6, 6.07) is 2.54. The van der Waals surface area contributed by atoms with Crippen LogP contribution in [-0.4, -0.2) is 28.5 Å². The van der Waals surface area contributed by atoms with Crippen molar-refractivity contribution in [2.45, 2.75) is 38.8 Å². The molecule has 0 radical (unpaired) electrons. The molecule has 0 saturated carbocycles. The molecule has 1 aliphatic heterocycles. The molecule has 84 valence electrons. The number of hydrogen-bond donors (Lipinski definition) is 1. The van der Waals surface area contributed by atoms with E-state index in [9.17, 15) is 0 Å². The predicted molar refractivity (Wildman–Crippen MR) is 60.0 cm³/mol. The maximum Gasteiger partial charge on any atom is 0.124 e. The zero-order chi connectivity index (χ0) is 10.8. The van der Waals surface area contributed by atoms with Crippen LogP contribution in [0.25, 0.3) is 0 Å². The third-order valence-electron chi connectivity index (χ3n) is 3.00. The van der Waals surface area contributed by atoms with Gasteiger partial charge in [0.1, 0.15) is 5.82 Å². The van der Waals surface area contributed by atoms with Crippen molar-refractivity contribution in [2.75, 3.05) is 11.9 Å². The first-order valence-electron chi connectivity index (χ1n) is 5.61. The average Bonchev–Trinajstić information content (AvgIpc) is 2.76. The Kier molecular flexibility index (Phi) is 2.95. The van der Waals surface area contributed by atoms with E-state index in [2.05, 4.69) is 30.3 Å². The molecule has 4 heteroatoms. The zero-order valence-corrected chi connectivity index (χ0v) is 9.66. The van der Waals surface area contributed by atoms with E-state index >= 15 is 0 Å². The van der Waals surface area contributed by atoms with Crippen molar-refractivity contribution in [2.24, 2.45) is 7.05 Å². The van der Waals surface area contributed by atoms with Gasteiger partial charge in [0.25, 0.3) is 0 Å². The molecule has 2 heterocycles. The smallest absolute Gasteiger partial charge is 0.124 e. The number of hydrogen-bond acceptors (Lipinski definition) is 3. The van der Waals surface area contributed by atoms with Crippen LogP contribution in [0.5, 0.6) is 0 Å². The Balaban J connectivity index is 2.06. The topological polar surface area (TPSA) is 39.1 Å². The summed E-state index contributed by atoms with van der Waals surface area (Å²) in [5.74, 6) is 1.09. The Morgan fingerprint density at radius 2 is 2.47 bits per heavy atom. The van der Waals surface area contributed by atoms with Crippen molar-refractivity contribution in [3.63, 3.8) is 0 Å². The van der Waals surface area contributed by atoms with Crippen LogP contribution >= 0.6 is 0 Å². The first-order chi connectivity index (χ1) is 7.20. The molecule has 1 fully saturated rings. The summed E-state index contributed by atoms with van der Waals surface area (Å²) in [4.78, 5) is 0. The van der Waals surface area contributed by atoms with Crippen molar-refractivity contribution in [3.05, 3.63) is 11.8 Å². The van der Waals surface area contributed by atoms with Crippen LogP contribution in [-0.2, 0) is 18.2 Å². The lowest BCUT2D eigenvalue weighted by Gasteiger charge is -2.16. The maximum absolute atomic E-state index is 5.52. The molecule has 1 saturated heterocycles. The second-order valence-electron chi connectivity index (χ2n) is 4.11. The standard InChI is InChI=1S/C11H19N3O/c1-4-9-7-11(14(3)13-9)12-10-5-6-15-8(10)2/h7-8,10,12H,4-6H2,1-3H3/t8-,10-/m0/s1. The molecule has 15 heavy (non-hydrogen) atoms. The first kappa shape index (κ1) is 10.5. The van der Waals surface area contributed by atoms with Gasteiger partial charge in [0, 0.05) is 19.7 Å². The first-order valence-corrected chi connectivity index (χ1v) is 5.61. The number of aromatic nitrogens is 2. The molecule has 4 nitrogen and oxygen atoms in total. The summed E-state index contributed by atoms with van der Waals surface area (Å²) in [5.41, 5.74) is 1.13. The highest BCUT2D eigenvalue weighted by Gasteiger charge is 2.24. The van der Waals surface area contributed by atoms with Gasteiger partial charge in [-0.15, -0.1) is 0 Å². The monoisotopic (exact) mass is 209 g/mol. The molecule has 2 atom stereocenters. The molecule has 0 unspecified atom stereocenters. The minimum atomic E-state index is 0.296. The van der Waals surface area contributed by atoms with E-state index in [1.807, 2.05) is 11.7 Å². The second-order valence-corrected chi connectivity index (χ2v) is 4.11. The molecular weight excluding hydrogens is 190 g/mol. The van der Waals surface area contributed by atoms with Gasteiger partial charge in [0.05, 0.1) is 17.8 Å². The number of nitrogens with one attached hydrogen (secondary N) is 1. The van der Waals surface area contributed by atoms with E-state index in [1.165, 1.54) is 0 Å². The van der Waals surface area contributed by atoms with Crippen molar-refractivity contribution < 1.29 is 4.74 Å². The van der Waals surface area contributed by atoms with Crippen LogP contribution in [0.1, 0.15) is 26.0 Å². The van der Waals surface area contributed by atoms with Crippen molar-refractivity contribution in [3.8, 4) is 0 Å². The summed E-state index contributed by atoms with van der Waals surface area (Å²) in [6.07, 6.45) is 2.35. The molecule has 1 N–H and O–H groups in total. The van der Waals surface area contributed by atoms with Crippen LogP contribution in [0.3, 0.4) is 0 Å². The minimum absolute atomic E-state index is 0.296. The summed E-state index contributed by atoms with van der Waals surface area (Å²) >= 11 is 0. The SMILES string of the molecule is CCc1cc(N[C@H]2CCO[C@H]2C)n(C)n1. The van der Waals surface area contributed by atoms with E-state index < -0.39 is 0 Å². The molecule has 0 aromatic carbocycles. The fraction of sp³-hybridized carbons (Fsp3) is 0.727. The number of aryl methyl sites for hydroxylation is 2. The third kappa shape index (κ3) is 2.15. The minimum Gasteiger partial charge on any atom is -0.376 e. The number of anilines is 1. The Morgan fingerprint density at radius 1 is 1.67 bits per heavy atom. The zero-order valence-electron chi connectivity index (χ0n) is 9.66.